The van der Waals surface area contributed by atoms with Gasteiger partial charge in [0.1, 0.15) is 5.82 Å². The predicted octanol–water partition coefficient (Wildman–Crippen LogP) is 0.167. The molecule has 1 fully saturated rings. The molecule has 3 N–H and O–H groups in total. The quantitative estimate of drug-likeness (QED) is 0.605. The first-order chi connectivity index (χ1) is 9.05. The van der Waals surface area contributed by atoms with E-state index in [4.69, 9.17) is 10.6 Å². The predicted molar refractivity (Wildman–Crippen MR) is 70.8 cm³/mol. The summed E-state index contributed by atoms with van der Waals surface area (Å²) in [6.07, 6.45) is 2.84. The molecule has 0 unspecified atom stereocenters. The molecule has 0 aliphatic carbocycles. The van der Waals surface area contributed by atoms with Crippen LogP contribution < -0.4 is 11.3 Å². The second-order valence-electron chi connectivity index (χ2n) is 4.39. The number of hydrazine groups is 1. The van der Waals surface area contributed by atoms with Crippen molar-refractivity contribution in [3.63, 3.8) is 0 Å². The molecule has 0 radical (unpaired) electrons. The summed E-state index contributed by atoms with van der Waals surface area (Å²) in [5, 5.41) is 0. The molecule has 1 saturated heterocycles. The number of hydrogen-bond acceptors (Lipinski definition) is 6. The van der Waals surface area contributed by atoms with Crippen molar-refractivity contribution in [2.45, 2.75) is 23.8 Å². The zero-order valence-electron chi connectivity index (χ0n) is 10.7. The van der Waals surface area contributed by atoms with Gasteiger partial charge in [-0.1, -0.05) is 0 Å². The van der Waals surface area contributed by atoms with Gasteiger partial charge in [0.15, 0.2) is 0 Å². The lowest BCUT2D eigenvalue weighted by Crippen LogP contribution is -2.40. The summed E-state index contributed by atoms with van der Waals surface area (Å²) in [5.74, 6) is 5.56. The zero-order valence-corrected chi connectivity index (χ0v) is 11.6. The fourth-order valence-electron chi connectivity index (χ4n) is 2.06. The highest BCUT2D eigenvalue weighted by molar-refractivity contribution is 7.89. The monoisotopic (exact) mass is 286 g/mol. The van der Waals surface area contributed by atoms with Crippen LogP contribution in [-0.4, -0.2) is 44.0 Å². The number of nitrogen functional groups attached to an aromatic ring is 1. The van der Waals surface area contributed by atoms with Crippen molar-refractivity contribution in [3.8, 4) is 0 Å². The molecule has 2 heterocycles. The fourth-order valence-corrected chi connectivity index (χ4v) is 3.49. The number of anilines is 1. The molecule has 0 bridgehead atoms. The lowest BCUT2D eigenvalue weighted by atomic mass is 10.1. The Labute approximate surface area is 112 Å². The molecule has 0 spiro atoms. The van der Waals surface area contributed by atoms with Crippen molar-refractivity contribution < 1.29 is 13.2 Å². The van der Waals surface area contributed by atoms with Crippen LogP contribution in [0.5, 0.6) is 0 Å². The van der Waals surface area contributed by atoms with E-state index in [1.807, 2.05) is 0 Å². The average molecular weight is 286 g/mol. The summed E-state index contributed by atoms with van der Waals surface area (Å²) in [4.78, 5) is 4.09. The Kier molecular flexibility index (Phi) is 4.35. The number of pyridine rings is 1. The van der Waals surface area contributed by atoms with Gasteiger partial charge < -0.3 is 10.2 Å². The summed E-state index contributed by atoms with van der Waals surface area (Å²) in [6, 6.07) is 2.86. The largest absolute Gasteiger partial charge is 0.381 e. The van der Waals surface area contributed by atoms with Gasteiger partial charge >= 0.3 is 0 Å². The summed E-state index contributed by atoms with van der Waals surface area (Å²) in [5.41, 5.74) is 2.34. The van der Waals surface area contributed by atoms with Crippen LogP contribution in [-0.2, 0) is 14.8 Å². The standard InChI is InChI=1S/C11H18N4O3S/c1-15(9-3-6-18-7-4-9)19(16,17)10-2-5-13-11(8-10)14-12/h2,5,8-9H,3-4,6-7,12H2,1H3,(H,13,14). The fraction of sp³-hybridized carbons (Fsp3) is 0.545. The van der Waals surface area contributed by atoms with Gasteiger partial charge in [0, 0.05) is 38.6 Å². The first-order valence-corrected chi connectivity index (χ1v) is 7.48. The minimum atomic E-state index is -3.53. The van der Waals surface area contributed by atoms with E-state index in [0.29, 0.717) is 31.9 Å². The number of nitrogens with one attached hydrogen (secondary N) is 1. The first-order valence-electron chi connectivity index (χ1n) is 6.04. The van der Waals surface area contributed by atoms with E-state index in [1.54, 1.807) is 7.05 Å². The van der Waals surface area contributed by atoms with E-state index in [2.05, 4.69) is 10.4 Å². The maximum atomic E-state index is 12.5. The molecule has 1 aromatic heterocycles. The summed E-state index contributed by atoms with van der Waals surface area (Å²) >= 11 is 0. The molecule has 106 valence electrons. The third kappa shape index (κ3) is 3.03. The Balaban J connectivity index is 2.24. The molecule has 0 saturated carbocycles. The SMILES string of the molecule is CN(C1CCOCC1)S(=O)(=O)c1ccnc(NN)c1. The smallest absolute Gasteiger partial charge is 0.243 e. The number of ether oxygens (including phenoxy) is 1. The molecule has 1 aliphatic rings. The minimum absolute atomic E-state index is 0.0267. The van der Waals surface area contributed by atoms with Crippen LogP contribution in [0.3, 0.4) is 0 Å². The van der Waals surface area contributed by atoms with Gasteiger partial charge in [0.2, 0.25) is 10.0 Å². The minimum Gasteiger partial charge on any atom is -0.381 e. The van der Waals surface area contributed by atoms with Crippen LogP contribution in [0.4, 0.5) is 5.82 Å². The summed E-state index contributed by atoms with van der Waals surface area (Å²) < 4.78 is 31.6. The summed E-state index contributed by atoms with van der Waals surface area (Å²) in [6.45, 7) is 1.19. The molecule has 2 rings (SSSR count). The molecule has 1 aliphatic heterocycles. The highest BCUT2D eigenvalue weighted by atomic mass is 32.2. The Hall–Kier alpha value is -1.22. The van der Waals surface area contributed by atoms with Gasteiger partial charge in [-0.05, 0) is 18.9 Å². The Morgan fingerprint density at radius 3 is 2.79 bits per heavy atom. The number of nitrogens with zero attached hydrogens (tertiary/aromatic N) is 2. The van der Waals surface area contributed by atoms with Crippen molar-refractivity contribution in [2.24, 2.45) is 5.84 Å². The van der Waals surface area contributed by atoms with Crippen LogP contribution in [0.2, 0.25) is 0 Å². The van der Waals surface area contributed by atoms with Gasteiger partial charge in [-0.25, -0.2) is 19.2 Å². The Morgan fingerprint density at radius 2 is 2.16 bits per heavy atom. The van der Waals surface area contributed by atoms with Crippen molar-refractivity contribution >= 4 is 15.8 Å². The molecule has 0 aromatic carbocycles. The van der Waals surface area contributed by atoms with Crippen LogP contribution >= 0.6 is 0 Å². The van der Waals surface area contributed by atoms with E-state index >= 15 is 0 Å². The normalized spacial score (nSPS) is 17.6. The molecular weight excluding hydrogens is 268 g/mol. The number of nitrogens with two attached hydrogens (primary N) is 1. The van der Waals surface area contributed by atoms with Crippen LogP contribution in [0.1, 0.15) is 12.8 Å². The lowest BCUT2D eigenvalue weighted by molar-refractivity contribution is 0.0632. The maximum absolute atomic E-state index is 12.5. The van der Waals surface area contributed by atoms with E-state index < -0.39 is 10.0 Å². The number of hydrogen-bond donors (Lipinski definition) is 2. The van der Waals surface area contributed by atoms with Crippen molar-refractivity contribution in [2.75, 3.05) is 25.7 Å². The van der Waals surface area contributed by atoms with Gasteiger partial charge in [-0.3, -0.25) is 0 Å². The van der Waals surface area contributed by atoms with Gasteiger partial charge in [0.05, 0.1) is 4.90 Å². The zero-order chi connectivity index (χ0) is 13.9. The van der Waals surface area contributed by atoms with Crippen LogP contribution in [0.25, 0.3) is 0 Å². The average Bonchev–Trinajstić information content (AvgIpc) is 2.47. The molecule has 7 nitrogen and oxygen atoms in total. The van der Waals surface area contributed by atoms with Gasteiger partial charge in [0.25, 0.3) is 0 Å². The molecule has 1 aromatic rings. The molecule has 19 heavy (non-hydrogen) atoms. The first kappa shape index (κ1) is 14.2. The van der Waals surface area contributed by atoms with Gasteiger partial charge in [-0.2, -0.15) is 4.31 Å². The third-order valence-corrected chi connectivity index (χ3v) is 5.17. The third-order valence-electron chi connectivity index (χ3n) is 3.26. The maximum Gasteiger partial charge on any atom is 0.243 e. The van der Waals surface area contributed by atoms with Crippen LogP contribution in [0, 0.1) is 0 Å². The van der Waals surface area contributed by atoms with Crippen molar-refractivity contribution in [1.29, 1.82) is 0 Å². The van der Waals surface area contributed by atoms with Crippen molar-refractivity contribution in [1.82, 2.24) is 9.29 Å². The second-order valence-corrected chi connectivity index (χ2v) is 6.38. The van der Waals surface area contributed by atoms with E-state index in [0.717, 1.165) is 0 Å². The second kappa shape index (κ2) is 5.83. The van der Waals surface area contributed by atoms with E-state index in [-0.39, 0.29) is 10.9 Å². The number of sulfonamides is 1. The highest BCUT2D eigenvalue weighted by Gasteiger charge is 2.29. The van der Waals surface area contributed by atoms with E-state index in [1.165, 1.54) is 22.6 Å². The Bertz CT molecular complexity index is 528. The Morgan fingerprint density at radius 1 is 1.47 bits per heavy atom. The van der Waals surface area contributed by atoms with Gasteiger partial charge in [-0.15, -0.1) is 0 Å². The lowest BCUT2D eigenvalue weighted by Gasteiger charge is -2.30. The summed E-state index contributed by atoms with van der Waals surface area (Å²) in [7, 11) is -1.93. The highest BCUT2D eigenvalue weighted by Crippen LogP contribution is 2.22. The molecule has 0 amide bonds. The van der Waals surface area contributed by atoms with Crippen LogP contribution in [0.15, 0.2) is 23.2 Å². The molecule has 0 atom stereocenters. The number of aromatic nitrogens is 1. The van der Waals surface area contributed by atoms with Crippen molar-refractivity contribution in [3.05, 3.63) is 18.3 Å². The molecule has 8 heteroatoms. The van der Waals surface area contributed by atoms with E-state index in [9.17, 15) is 8.42 Å². The molecular formula is C11H18N4O3S. The number of rotatable bonds is 4. The topological polar surface area (TPSA) is 97.5 Å².